The molecule has 0 aromatic carbocycles. The van der Waals surface area contributed by atoms with E-state index in [1.807, 2.05) is 0 Å². The summed E-state index contributed by atoms with van der Waals surface area (Å²) in [6, 6.07) is 0. The van der Waals surface area contributed by atoms with Crippen molar-refractivity contribution in [2.75, 3.05) is 0 Å². The quantitative estimate of drug-likeness (QED) is 0.352. The van der Waals surface area contributed by atoms with Crippen LogP contribution in [0.1, 0.15) is 33.6 Å². The van der Waals surface area contributed by atoms with Gasteiger partial charge in [0.1, 0.15) is 0 Å². The third-order valence-electron chi connectivity index (χ3n) is 1.39. The summed E-state index contributed by atoms with van der Waals surface area (Å²) in [4.78, 5) is 50.9. The molecule has 0 aliphatic rings. The first kappa shape index (κ1) is 37.4. The number of rotatable bonds is 2. The van der Waals surface area contributed by atoms with Gasteiger partial charge in [-0.2, -0.15) is 0 Å². The van der Waals surface area contributed by atoms with Crippen LogP contribution >= 0.6 is 24.8 Å². The summed E-state index contributed by atoms with van der Waals surface area (Å²) in [5.74, 6) is 0.935. The van der Waals surface area contributed by atoms with E-state index in [0.717, 1.165) is 5.92 Å². The van der Waals surface area contributed by atoms with Crippen LogP contribution in [0.15, 0.2) is 0 Å². The molecule has 20 heavy (non-hydrogen) atoms. The molecule has 0 rings (SSSR count). The van der Waals surface area contributed by atoms with Crippen molar-refractivity contribution >= 4 is 59.5 Å². The summed E-state index contributed by atoms with van der Waals surface area (Å²) in [7, 11) is -10.1. The van der Waals surface area contributed by atoms with Crippen molar-refractivity contribution in [1.29, 1.82) is 0 Å². The monoisotopic (exact) mass is 377 g/mol. The van der Waals surface area contributed by atoms with E-state index in [1.54, 1.807) is 0 Å². The topological polar surface area (TPSA) is 190 Å². The van der Waals surface area contributed by atoms with Crippen LogP contribution in [-0.2, 0) is 13.7 Å². The molecule has 0 N–H and O–H groups in total. The maximum absolute atomic E-state index is 8.48. The zero-order chi connectivity index (χ0) is 15.7. The SMILES string of the molecule is CCC(C)CC.O=[P+]([O-])[O-].O=[P+]([O-])[O-].O=[P+]([O-])[O-].[Al+3].[Al+3]. The van der Waals surface area contributed by atoms with Crippen molar-refractivity contribution in [2.45, 2.75) is 33.6 Å². The van der Waals surface area contributed by atoms with Crippen molar-refractivity contribution in [2.24, 2.45) is 5.92 Å². The Bertz CT molecular complexity index is 187. The van der Waals surface area contributed by atoms with Crippen LogP contribution in [0.25, 0.3) is 0 Å². The van der Waals surface area contributed by atoms with E-state index in [1.165, 1.54) is 12.8 Å². The summed E-state index contributed by atoms with van der Waals surface area (Å²) in [6.07, 6.45) is 2.66. The molecule has 0 heterocycles. The van der Waals surface area contributed by atoms with Gasteiger partial charge in [0.15, 0.2) is 0 Å². The van der Waals surface area contributed by atoms with E-state index in [-0.39, 0.29) is 34.7 Å². The first-order valence-corrected chi connectivity index (χ1v) is 7.74. The molecule has 0 aromatic rings. The fraction of sp³-hybridized carbons (Fsp3) is 1.00. The molecule has 0 aliphatic carbocycles. The van der Waals surface area contributed by atoms with Gasteiger partial charge in [0.25, 0.3) is 24.8 Å². The molecule has 0 saturated heterocycles. The Morgan fingerprint density at radius 3 is 0.800 bits per heavy atom. The van der Waals surface area contributed by atoms with Gasteiger partial charge < -0.3 is 29.4 Å². The fourth-order valence-corrected chi connectivity index (χ4v) is 0.289. The van der Waals surface area contributed by atoms with Gasteiger partial charge in [-0.15, -0.1) is 0 Å². The molecule has 0 saturated carbocycles. The van der Waals surface area contributed by atoms with E-state index in [9.17, 15) is 0 Å². The third kappa shape index (κ3) is 239. The average molecular weight is 377 g/mol. The van der Waals surface area contributed by atoms with Gasteiger partial charge in [0.2, 0.25) is 0 Å². The Labute approximate surface area is 142 Å². The van der Waals surface area contributed by atoms with Crippen LogP contribution in [0, 0.1) is 5.92 Å². The number of hydrogen-bond donors (Lipinski definition) is 0. The Morgan fingerprint density at radius 1 is 0.700 bits per heavy atom. The van der Waals surface area contributed by atoms with Crippen LogP contribution in [0.2, 0.25) is 0 Å². The van der Waals surface area contributed by atoms with Crippen molar-refractivity contribution in [3.8, 4) is 0 Å². The van der Waals surface area contributed by atoms with E-state index in [4.69, 9.17) is 43.1 Å². The maximum Gasteiger partial charge on any atom is 3.00 e. The van der Waals surface area contributed by atoms with E-state index < -0.39 is 24.8 Å². The molecule has 0 fully saturated rings. The zero-order valence-corrected chi connectivity index (χ0v) is 16.2. The predicted molar refractivity (Wildman–Crippen MR) is 64.1 cm³/mol. The molecule has 110 valence electrons. The Balaban J connectivity index is -0.0000000322. The van der Waals surface area contributed by atoms with Crippen LogP contribution in [0.4, 0.5) is 0 Å². The Hall–Kier alpha value is 1.12. The average Bonchev–Trinajstić information content (AvgIpc) is 2.13. The van der Waals surface area contributed by atoms with Gasteiger partial charge in [-0.3, -0.25) is 0 Å². The van der Waals surface area contributed by atoms with Crippen LogP contribution in [0.5, 0.6) is 0 Å². The molecule has 14 heteroatoms. The standard InChI is InChI=1S/C6H14.2Al.3HO3P/c1-4-6(3)5-2;;;3*1-4(2)3/h6H,4-5H2,1-3H3;;;3*(H,1,2,3)/q;2*+3;;;/p-3. The van der Waals surface area contributed by atoms with Crippen LogP contribution < -0.4 is 29.4 Å². The van der Waals surface area contributed by atoms with Crippen molar-refractivity contribution in [3.63, 3.8) is 0 Å². The molecule has 0 spiro atoms. The molecular formula is C6H14Al2O9P3+3. The minimum atomic E-state index is -3.37. The third-order valence-corrected chi connectivity index (χ3v) is 1.39. The van der Waals surface area contributed by atoms with Gasteiger partial charge >= 0.3 is 34.7 Å². The molecule has 0 bridgehead atoms. The normalized spacial score (nSPS) is 6.90. The fourth-order valence-electron chi connectivity index (χ4n) is 0.289. The molecule has 0 unspecified atom stereocenters. The van der Waals surface area contributed by atoms with E-state index in [2.05, 4.69) is 20.8 Å². The second kappa shape index (κ2) is 32.2. The molecule has 9 nitrogen and oxygen atoms in total. The summed E-state index contributed by atoms with van der Waals surface area (Å²) in [5, 5.41) is 0. The summed E-state index contributed by atoms with van der Waals surface area (Å²) < 4.78 is 25.4. The second-order valence-electron chi connectivity index (χ2n) is 2.59. The summed E-state index contributed by atoms with van der Waals surface area (Å²) >= 11 is 0. The van der Waals surface area contributed by atoms with Gasteiger partial charge in [0, 0.05) is 0 Å². The van der Waals surface area contributed by atoms with Crippen molar-refractivity contribution in [1.82, 2.24) is 0 Å². The van der Waals surface area contributed by atoms with Crippen molar-refractivity contribution in [3.05, 3.63) is 0 Å². The summed E-state index contributed by atoms with van der Waals surface area (Å²) in [6.45, 7) is 6.74. The first-order chi connectivity index (χ1) is 8.00. The second-order valence-corrected chi connectivity index (χ2v) is 3.93. The molecule has 0 radical (unpaired) electrons. The van der Waals surface area contributed by atoms with Gasteiger partial charge in [-0.05, 0) is 5.92 Å². The number of hydrogen-bond acceptors (Lipinski definition) is 9. The largest absolute Gasteiger partial charge is 3.00 e. The van der Waals surface area contributed by atoms with Gasteiger partial charge in [0.05, 0.1) is 0 Å². The minimum Gasteiger partial charge on any atom is -0.598 e. The van der Waals surface area contributed by atoms with Crippen LogP contribution in [-0.4, -0.2) is 34.7 Å². The maximum atomic E-state index is 8.48. The Morgan fingerprint density at radius 2 is 0.800 bits per heavy atom. The van der Waals surface area contributed by atoms with E-state index in [0.29, 0.717) is 0 Å². The Kier molecular flexibility index (Phi) is 60.2. The molecule has 0 atom stereocenters. The van der Waals surface area contributed by atoms with Crippen molar-refractivity contribution < 1.29 is 43.1 Å². The predicted octanol–water partition coefficient (Wildman–Crippen LogP) is -3.23. The van der Waals surface area contributed by atoms with Gasteiger partial charge in [-0.25, -0.2) is 0 Å². The van der Waals surface area contributed by atoms with Gasteiger partial charge in [-0.1, -0.05) is 47.3 Å². The molecular weight excluding hydrogens is 363 g/mol. The molecule has 0 amide bonds. The van der Waals surface area contributed by atoms with E-state index >= 15 is 0 Å². The van der Waals surface area contributed by atoms with Crippen LogP contribution in [0.3, 0.4) is 0 Å². The minimum absolute atomic E-state index is 0. The zero-order valence-electron chi connectivity index (χ0n) is 11.2. The molecule has 0 aliphatic heterocycles. The summed E-state index contributed by atoms with van der Waals surface area (Å²) in [5.41, 5.74) is 0. The first-order valence-electron chi connectivity index (χ1n) is 4.45. The molecule has 0 aromatic heterocycles. The smallest absolute Gasteiger partial charge is 0.598 e.